The van der Waals surface area contributed by atoms with Crippen LogP contribution >= 0.6 is 0 Å². The molecule has 1 amide bonds. The normalized spacial score (nSPS) is 17.4. The molecule has 0 bridgehead atoms. The fraction of sp³-hybridized carbons (Fsp3) is 0.550. The summed E-state index contributed by atoms with van der Waals surface area (Å²) in [6.45, 7) is 4.93. The number of carbonyl (C=O) groups excluding carboxylic acids is 1. The van der Waals surface area contributed by atoms with E-state index in [0.717, 1.165) is 44.5 Å². The van der Waals surface area contributed by atoms with E-state index >= 15 is 0 Å². The topological polar surface area (TPSA) is 59.2 Å². The Morgan fingerprint density at radius 2 is 2.08 bits per heavy atom. The monoisotopic (exact) mass is 341 g/mol. The number of aryl methyl sites for hydroxylation is 2. The minimum Gasteiger partial charge on any atom is -0.337 e. The highest BCUT2D eigenvalue weighted by Gasteiger charge is 2.33. The Morgan fingerprint density at radius 3 is 2.84 bits per heavy atom. The quantitative estimate of drug-likeness (QED) is 0.765. The summed E-state index contributed by atoms with van der Waals surface area (Å²) in [6.07, 6.45) is 5.28. The van der Waals surface area contributed by atoms with Crippen LogP contribution in [-0.2, 0) is 17.6 Å². The van der Waals surface area contributed by atoms with Crippen molar-refractivity contribution in [2.75, 3.05) is 6.54 Å². The van der Waals surface area contributed by atoms with Crippen molar-refractivity contribution in [3.05, 3.63) is 47.6 Å². The van der Waals surface area contributed by atoms with Gasteiger partial charge in [0, 0.05) is 19.4 Å². The van der Waals surface area contributed by atoms with Crippen LogP contribution in [0.3, 0.4) is 0 Å². The minimum absolute atomic E-state index is 0.0402. The second-order valence-electron chi connectivity index (χ2n) is 7.23. The van der Waals surface area contributed by atoms with Crippen LogP contribution in [0.4, 0.5) is 0 Å². The highest BCUT2D eigenvalue weighted by Crippen LogP contribution is 2.32. The van der Waals surface area contributed by atoms with Gasteiger partial charge < -0.3 is 9.42 Å². The SMILES string of the molecule is CC(C)CC(=O)N1CCCC1c1nc(CCCc2ccccc2)no1. The Balaban J connectivity index is 1.56. The predicted octanol–water partition coefficient (Wildman–Crippen LogP) is 3.95. The van der Waals surface area contributed by atoms with E-state index in [1.807, 2.05) is 11.0 Å². The Bertz CT molecular complexity index is 681. The molecule has 25 heavy (non-hydrogen) atoms. The smallest absolute Gasteiger partial charge is 0.249 e. The lowest BCUT2D eigenvalue weighted by molar-refractivity contribution is -0.133. The lowest BCUT2D eigenvalue weighted by Gasteiger charge is -2.22. The molecular formula is C20H27N3O2. The Morgan fingerprint density at radius 1 is 1.28 bits per heavy atom. The molecule has 1 saturated heterocycles. The fourth-order valence-electron chi connectivity index (χ4n) is 3.39. The molecule has 2 aromatic rings. The van der Waals surface area contributed by atoms with Crippen molar-refractivity contribution in [1.82, 2.24) is 15.0 Å². The molecule has 1 unspecified atom stereocenters. The summed E-state index contributed by atoms with van der Waals surface area (Å²) in [7, 11) is 0. The summed E-state index contributed by atoms with van der Waals surface area (Å²) in [5.41, 5.74) is 1.33. The Kier molecular flexibility index (Phi) is 5.84. The molecule has 5 heteroatoms. The van der Waals surface area contributed by atoms with Crippen LogP contribution in [-0.4, -0.2) is 27.5 Å². The first-order chi connectivity index (χ1) is 12.1. The minimum atomic E-state index is -0.0402. The number of aromatic nitrogens is 2. The van der Waals surface area contributed by atoms with Crippen molar-refractivity contribution < 1.29 is 9.32 Å². The summed E-state index contributed by atoms with van der Waals surface area (Å²) in [5.74, 6) is 1.91. The third kappa shape index (κ3) is 4.68. The molecule has 0 spiro atoms. The van der Waals surface area contributed by atoms with Crippen molar-refractivity contribution in [1.29, 1.82) is 0 Å². The molecular weight excluding hydrogens is 314 g/mol. The van der Waals surface area contributed by atoms with Gasteiger partial charge in [-0.25, -0.2) is 0 Å². The lowest BCUT2D eigenvalue weighted by atomic mass is 10.1. The number of benzene rings is 1. The molecule has 5 nitrogen and oxygen atoms in total. The molecule has 1 fully saturated rings. The van der Waals surface area contributed by atoms with Crippen LogP contribution in [0, 0.1) is 5.92 Å². The number of nitrogens with zero attached hydrogens (tertiary/aromatic N) is 3. The van der Waals surface area contributed by atoms with Gasteiger partial charge in [0.2, 0.25) is 11.8 Å². The number of hydrogen-bond acceptors (Lipinski definition) is 4. The van der Waals surface area contributed by atoms with Crippen LogP contribution in [0.1, 0.15) is 62.9 Å². The summed E-state index contributed by atoms with van der Waals surface area (Å²) < 4.78 is 5.48. The van der Waals surface area contributed by atoms with Gasteiger partial charge in [-0.1, -0.05) is 49.3 Å². The van der Waals surface area contributed by atoms with Crippen molar-refractivity contribution in [2.45, 2.75) is 58.4 Å². The van der Waals surface area contributed by atoms with Gasteiger partial charge in [0.1, 0.15) is 6.04 Å². The maximum absolute atomic E-state index is 12.4. The third-order valence-electron chi connectivity index (χ3n) is 4.63. The highest BCUT2D eigenvalue weighted by atomic mass is 16.5. The molecule has 3 rings (SSSR count). The molecule has 1 aromatic carbocycles. The molecule has 134 valence electrons. The van der Waals surface area contributed by atoms with E-state index < -0.39 is 0 Å². The van der Waals surface area contributed by atoms with Gasteiger partial charge in [0.25, 0.3) is 0 Å². The Labute approximate surface area is 149 Å². The second kappa shape index (κ2) is 8.28. The zero-order valence-corrected chi connectivity index (χ0v) is 15.1. The first-order valence-electron chi connectivity index (χ1n) is 9.29. The van der Waals surface area contributed by atoms with Gasteiger partial charge in [-0.2, -0.15) is 4.98 Å². The average molecular weight is 341 g/mol. The molecule has 1 atom stereocenters. The number of hydrogen-bond donors (Lipinski definition) is 0. The summed E-state index contributed by atoms with van der Waals surface area (Å²) >= 11 is 0. The maximum Gasteiger partial charge on any atom is 0.249 e. The van der Waals surface area contributed by atoms with Crippen LogP contribution in [0.25, 0.3) is 0 Å². The number of carbonyl (C=O) groups is 1. The maximum atomic E-state index is 12.4. The predicted molar refractivity (Wildman–Crippen MR) is 95.9 cm³/mol. The second-order valence-corrected chi connectivity index (χ2v) is 7.23. The van der Waals surface area contributed by atoms with E-state index in [9.17, 15) is 4.79 Å². The van der Waals surface area contributed by atoms with Gasteiger partial charge in [0.05, 0.1) is 0 Å². The number of likely N-dealkylation sites (tertiary alicyclic amines) is 1. The molecule has 0 radical (unpaired) electrons. The molecule has 0 aliphatic carbocycles. The zero-order valence-electron chi connectivity index (χ0n) is 15.1. The van der Waals surface area contributed by atoms with Crippen molar-refractivity contribution in [3.63, 3.8) is 0 Å². The van der Waals surface area contributed by atoms with E-state index in [1.165, 1.54) is 5.56 Å². The van der Waals surface area contributed by atoms with E-state index in [1.54, 1.807) is 0 Å². The number of amides is 1. The average Bonchev–Trinajstić information content (AvgIpc) is 3.24. The standard InChI is InChI=1S/C20H27N3O2/c1-15(2)14-19(24)23-13-7-11-17(23)20-21-18(22-25-20)12-6-10-16-8-4-3-5-9-16/h3-5,8-9,15,17H,6-7,10-14H2,1-2H3. The molecule has 1 aliphatic heterocycles. The van der Waals surface area contributed by atoms with E-state index in [-0.39, 0.29) is 11.9 Å². The van der Waals surface area contributed by atoms with E-state index in [2.05, 4.69) is 48.3 Å². The van der Waals surface area contributed by atoms with Gasteiger partial charge >= 0.3 is 0 Å². The molecule has 0 saturated carbocycles. The van der Waals surface area contributed by atoms with Crippen molar-refractivity contribution in [2.24, 2.45) is 5.92 Å². The fourth-order valence-corrected chi connectivity index (χ4v) is 3.39. The molecule has 1 aromatic heterocycles. The Hall–Kier alpha value is -2.17. The van der Waals surface area contributed by atoms with Crippen molar-refractivity contribution in [3.8, 4) is 0 Å². The van der Waals surface area contributed by atoms with Gasteiger partial charge in [-0.3, -0.25) is 4.79 Å². The lowest BCUT2D eigenvalue weighted by Crippen LogP contribution is -2.31. The summed E-state index contributed by atoms with van der Waals surface area (Å²) in [4.78, 5) is 18.9. The molecule has 1 aliphatic rings. The van der Waals surface area contributed by atoms with Crippen LogP contribution in [0.5, 0.6) is 0 Å². The highest BCUT2D eigenvalue weighted by molar-refractivity contribution is 5.77. The third-order valence-corrected chi connectivity index (χ3v) is 4.63. The zero-order chi connectivity index (χ0) is 17.6. The molecule has 0 N–H and O–H groups in total. The first kappa shape index (κ1) is 17.6. The summed E-state index contributed by atoms with van der Waals surface area (Å²) in [6, 6.07) is 10.4. The van der Waals surface area contributed by atoms with Crippen LogP contribution in [0.15, 0.2) is 34.9 Å². The van der Waals surface area contributed by atoms with Crippen LogP contribution in [0.2, 0.25) is 0 Å². The largest absolute Gasteiger partial charge is 0.337 e. The van der Waals surface area contributed by atoms with Gasteiger partial charge in [-0.05, 0) is 37.2 Å². The van der Waals surface area contributed by atoms with E-state index in [0.29, 0.717) is 18.2 Å². The first-order valence-corrected chi connectivity index (χ1v) is 9.29. The van der Waals surface area contributed by atoms with Gasteiger partial charge in [-0.15, -0.1) is 0 Å². The van der Waals surface area contributed by atoms with Gasteiger partial charge in [0.15, 0.2) is 5.82 Å². The molecule has 2 heterocycles. The van der Waals surface area contributed by atoms with Crippen LogP contribution < -0.4 is 0 Å². The summed E-state index contributed by atoms with van der Waals surface area (Å²) in [5, 5.41) is 4.12. The number of rotatable bonds is 7. The van der Waals surface area contributed by atoms with E-state index in [4.69, 9.17) is 4.52 Å². The van der Waals surface area contributed by atoms with Crippen molar-refractivity contribution >= 4 is 5.91 Å².